The third-order valence-corrected chi connectivity index (χ3v) is 4.20. The van der Waals surface area contributed by atoms with Crippen molar-refractivity contribution in [2.45, 2.75) is 72.3 Å². The van der Waals surface area contributed by atoms with Gasteiger partial charge in [0.1, 0.15) is 0 Å². The van der Waals surface area contributed by atoms with Crippen LogP contribution >= 0.6 is 0 Å². The fourth-order valence-corrected chi connectivity index (χ4v) is 2.27. The molecule has 0 radical (unpaired) electrons. The summed E-state index contributed by atoms with van der Waals surface area (Å²) in [5.41, 5.74) is 5.02. The van der Waals surface area contributed by atoms with Crippen LogP contribution in [0.5, 0.6) is 0 Å². The van der Waals surface area contributed by atoms with Gasteiger partial charge >= 0.3 is 0 Å². The molecule has 0 rings (SSSR count). The predicted molar refractivity (Wildman–Crippen MR) is 88.9 cm³/mol. The maximum Gasteiger partial charge on any atom is 0.0767 e. The van der Waals surface area contributed by atoms with E-state index in [1.807, 2.05) is 6.92 Å². The molecule has 0 aromatic rings. The topological polar surface area (TPSA) is 49.5 Å². The zero-order valence-corrected chi connectivity index (χ0v) is 14.5. The summed E-state index contributed by atoms with van der Waals surface area (Å²) in [6.45, 7) is 15.0. The van der Waals surface area contributed by atoms with Gasteiger partial charge < -0.3 is 15.7 Å². The van der Waals surface area contributed by atoms with Crippen molar-refractivity contribution in [2.24, 2.45) is 17.6 Å². The lowest BCUT2D eigenvalue weighted by atomic mass is 9.94. The molecule has 0 aromatic carbocycles. The third kappa shape index (κ3) is 9.73. The first-order valence-electron chi connectivity index (χ1n) is 8.47. The van der Waals surface area contributed by atoms with Crippen molar-refractivity contribution in [2.75, 3.05) is 26.2 Å². The Morgan fingerprint density at radius 3 is 1.85 bits per heavy atom. The number of hydrogen-bond donors (Lipinski definition) is 2. The maximum absolute atomic E-state index is 10.2. The van der Waals surface area contributed by atoms with Crippen LogP contribution in [0.2, 0.25) is 0 Å². The quantitative estimate of drug-likeness (QED) is 0.579. The SMILES string of the molecule is CCC(O)(CN)CCCN(CCC(C)C)CCC(C)C. The van der Waals surface area contributed by atoms with E-state index in [0.717, 1.165) is 37.6 Å². The van der Waals surface area contributed by atoms with Crippen LogP contribution in [0, 0.1) is 11.8 Å². The van der Waals surface area contributed by atoms with E-state index in [1.54, 1.807) is 0 Å². The Kier molecular flexibility index (Phi) is 10.5. The highest BCUT2D eigenvalue weighted by atomic mass is 16.3. The van der Waals surface area contributed by atoms with Crippen molar-refractivity contribution in [1.82, 2.24) is 4.90 Å². The zero-order valence-electron chi connectivity index (χ0n) is 14.5. The van der Waals surface area contributed by atoms with Gasteiger partial charge in [0.15, 0.2) is 0 Å². The van der Waals surface area contributed by atoms with E-state index in [4.69, 9.17) is 5.73 Å². The predicted octanol–water partition coefficient (Wildman–Crippen LogP) is 3.26. The van der Waals surface area contributed by atoms with Crippen molar-refractivity contribution in [3.8, 4) is 0 Å². The second-order valence-corrected chi connectivity index (χ2v) is 7.09. The van der Waals surface area contributed by atoms with Gasteiger partial charge in [0, 0.05) is 6.54 Å². The van der Waals surface area contributed by atoms with Gasteiger partial charge in [-0.1, -0.05) is 34.6 Å². The molecule has 3 heteroatoms. The van der Waals surface area contributed by atoms with Gasteiger partial charge in [-0.15, -0.1) is 0 Å². The summed E-state index contributed by atoms with van der Waals surface area (Å²) >= 11 is 0. The van der Waals surface area contributed by atoms with Crippen molar-refractivity contribution in [3.63, 3.8) is 0 Å². The number of aliphatic hydroxyl groups is 1. The molecule has 122 valence electrons. The van der Waals surface area contributed by atoms with E-state index < -0.39 is 5.60 Å². The average molecular weight is 287 g/mol. The molecule has 0 aliphatic heterocycles. The van der Waals surface area contributed by atoms with E-state index >= 15 is 0 Å². The second kappa shape index (κ2) is 10.6. The molecule has 0 bridgehead atoms. The summed E-state index contributed by atoms with van der Waals surface area (Å²) in [5.74, 6) is 1.52. The fraction of sp³-hybridized carbons (Fsp3) is 1.00. The van der Waals surface area contributed by atoms with Gasteiger partial charge in [0.2, 0.25) is 0 Å². The first-order chi connectivity index (χ1) is 9.33. The fourth-order valence-electron chi connectivity index (χ4n) is 2.27. The first-order valence-corrected chi connectivity index (χ1v) is 8.47. The number of nitrogens with two attached hydrogens (primary N) is 1. The molecular formula is C17H38N2O. The normalized spacial score (nSPS) is 15.3. The van der Waals surface area contributed by atoms with Crippen LogP contribution in [0.1, 0.15) is 66.7 Å². The summed E-state index contributed by atoms with van der Waals surface area (Å²) in [5, 5.41) is 10.2. The molecule has 20 heavy (non-hydrogen) atoms. The zero-order chi connectivity index (χ0) is 15.6. The van der Waals surface area contributed by atoms with Crippen LogP contribution in [-0.2, 0) is 0 Å². The van der Waals surface area contributed by atoms with E-state index in [0.29, 0.717) is 6.54 Å². The van der Waals surface area contributed by atoms with Crippen molar-refractivity contribution >= 4 is 0 Å². The van der Waals surface area contributed by atoms with E-state index in [1.165, 1.54) is 25.9 Å². The lowest BCUT2D eigenvalue weighted by molar-refractivity contribution is 0.0313. The lowest BCUT2D eigenvalue weighted by Gasteiger charge is -2.28. The van der Waals surface area contributed by atoms with Gasteiger partial charge in [-0.05, 0) is 63.6 Å². The summed E-state index contributed by atoms with van der Waals surface area (Å²) in [7, 11) is 0. The molecular weight excluding hydrogens is 248 g/mol. The van der Waals surface area contributed by atoms with E-state index in [-0.39, 0.29) is 0 Å². The Labute approximate surface area is 126 Å². The molecule has 0 amide bonds. The van der Waals surface area contributed by atoms with Gasteiger partial charge in [-0.2, -0.15) is 0 Å². The summed E-state index contributed by atoms with van der Waals surface area (Å²) < 4.78 is 0. The summed E-state index contributed by atoms with van der Waals surface area (Å²) in [6.07, 6.45) is 5.12. The maximum atomic E-state index is 10.2. The Morgan fingerprint density at radius 1 is 1.00 bits per heavy atom. The number of rotatable bonds is 12. The van der Waals surface area contributed by atoms with E-state index in [9.17, 15) is 5.11 Å². The van der Waals surface area contributed by atoms with E-state index in [2.05, 4.69) is 32.6 Å². The molecule has 0 saturated carbocycles. The number of nitrogens with zero attached hydrogens (tertiary/aromatic N) is 1. The lowest BCUT2D eigenvalue weighted by Crippen LogP contribution is -2.38. The van der Waals surface area contributed by atoms with Crippen LogP contribution in [-0.4, -0.2) is 41.8 Å². The van der Waals surface area contributed by atoms with Gasteiger partial charge in [0.25, 0.3) is 0 Å². The largest absolute Gasteiger partial charge is 0.389 e. The van der Waals surface area contributed by atoms with Crippen LogP contribution in [0.25, 0.3) is 0 Å². The molecule has 3 N–H and O–H groups in total. The van der Waals surface area contributed by atoms with Gasteiger partial charge in [-0.25, -0.2) is 0 Å². The second-order valence-electron chi connectivity index (χ2n) is 7.09. The molecule has 3 nitrogen and oxygen atoms in total. The molecule has 0 aromatic heterocycles. The highest BCUT2D eigenvalue weighted by molar-refractivity contribution is 4.78. The molecule has 1 atom stereocenters. The number of hydrogen-bond acceptors (Lipinski definition) is 3. The van der Waals surface area contributed by atoms with Crippen molar-refractivity contribution < 1.29 is 5.11 Å². The Balaban J connectivity index is 4.13. The molecule has 0 heterocycles. The first kappa shape index (κ1) is 19.9. The molecule has 0 aliphatic rings. The molecule has 0 spiro atoms. The van der Waals surface area contributed by atoms with Crippen LogP contribution in [0.15, 0.2) is 0 Å². The summed E-state index contributed by atoms with van der Waals surface area (Å²) in [4.78, 5) is 2.56. The average Bonchev–Trinajstić information content (AvgIpc) is 2.40. The summed E-state index contributed by atoms with van der Waals surface area (Å²) in [6, 6.07) is 0. The van der Waals surface area contributed by atoms with Crippen LogP contribution in [0.3, 0.4) is 0 Å². The third-order valence-electron chi connectivity index (χ3n) is 4.20. The van der Waals surface area contributed by atoms with Gasteiger partial charge in [-0.3, -0.25) is 0 Å². The van der Waals surface area contributed by atoms with Crippen molar-refractivity contribution in [3.05, 3.63) is 0 Å². The standard InChI is InChI=1S/C17H38N2O/c1-6-17(20,14-18)10-7-11-19(12-8-15(2)3)13-9-16(4)5/h15-16,20H,6-14,18H2,1-5H3. The molecule has 1 unspecified atom stereocenters. The minimum atomic E-state index is -0.651. The molecule has 0 saturated heterocycles. The smallest absolute Gasteiger partial charge is 0.0767 e. The van der Waals surface area contributed by atoms with Crippen molar-refractivity contribution in [1.29, 1.82) is 0 Å². The Morgan fingerprint density at radius 2 is 1.50 bits per heavy atom. The molecule has 0 fully saturated rings. The minimum Gasteiger partial charge on any atom is -0.389 e. The Hall–Kier alpha value is -0.120. The van der Waals surface area contributed by atoms with Crippen LogP contribution < -0.4 is 5.73 Å². The highest BCUT2D eigenvalue weighted by Gasteiger charge is 2.22. The monoisotopic (exact) mass is 286 g/mol. The highest BCUT2D eigenvalue weighted by Crippen LogP contribution is 2.16. The molecule has 0 aliphatic carbocycles. The van der Waals surface area contributed by atoms with Crippen LogP contribution in [0.4, 0.5) is 0 Å². The minimum absolute atomic E-state index is 0.376. The van der Waals surface area contributed by atoms with Gasteiger partial charge in [0.05, 0.1) is 5.60 Å². The Bertz CT molecular complexity index is 213.